The summed E-state index contributed by atoms with van der Waals surface area (Å²) in [6.07, 6.45) is 1.00. The van der Waals surface area contributed by atoms with Crippen LogP contribution in [0.5, 0.6) is 0 Å². The van der Waals surface area contributed by atoms with E-state index in [9.17, 15) is 10.1 Å². The highest BCUT2D eigenvalue weighted by molar-refractivity contribution is 5.62. The number of benzene rings is 1. The van der Waals surface area contributed by atoms with Gasteiger partial charge in [-0.3, -0.25) is 10.1 Å². The summed E-state index contributed by atoms with van der Waals surface area (Å²) in [5, 5.41) is 22.9. The van der Waals surface area contributed by atoms with Crippen LogP contribution in [0.1, 0.15) is 25.8 Å². The van der Waals surface area contributed by atoms with E-state index in [1.165, 1.54) is 6.07 Å². The van der Waals surface area contributed by atoms with Crippen molar-refractivity contribution >= 4 is 11.4 Å². The van der Waals surface area contributed by atoms with E-state index in [-0.39, 0.29) is 12.3 Å². The number of hydrogen-bond acceptors (Lipinski definition) is 5. The molecular weight excluding hydrogens is 260 g/mol. The predicted molar refractivity (Wildman–Crippen MR) is 77.8 cm³/mol. The zero-order chi connectivity index (χ0) is 15.0. The van der Waals surface area contributed by atoms with Crippen LogP contribution in [0.4, 0.5) is 11.4 Å². The number of aliphatic hydroxyl groups is 1. The monoisotopic (exact) mass is 282 g/mol. The second-order valence-corrected chi connectivity index (χ2v) is 4.99. The van der Waals surface area contributed by atoms with Crippen LogP contribution in [0.15, 0.2) is 18.2 Å². The Labute approximate surface area is 118 Å². The van der Waals surface area contributed by atoms with Gasteiger partial charge in [-0.1, -0.05) is 13.8 Å². The summed E-state index contributed by atoms with van der Waals surface area (Å²) in [5.41, 5.74) is 1.05. The highest BCUT2D eigenvalue weighted by Gasteiger charge is 2.13. The lowest BCUT2D eigenvalue weighted by Gasteiger charge is -2.10. The molecule has 6 heteroatoms. The van der Waals surface area contributed by atoms with Crippen molar-refractivity contribution in [1.82, 2.24) is 0 Å². The third-order valence-electron chi connectivity index (χ3n) is 2.84. The minimum Gasteiger partial charge on any atom is -0.392 e. The highest BCUT2D eigenvalue weighted by Crippen LogP contribution is 2.25. The van der Waals surface area contributed by atoms with Crippen LogP contribution >= 0.6 is 0 Å². The molecule has 0 aliphatic carbocycles. The second-order valence-electron chi connectivity index (χ2n) is 4.99. The summed E-state index contributed by atoms with van der Waals surface area (Å²) in [5.74, 6) is 0.602. The van der Waals surface area contributed by atoms with Crippen molar-refractivity contribution in [3.05, 3.63) is 33.9 Å². The predicted octanol–water partition coefficient (Wildman–Crippen LogP) is 2.56. The average Bonchev–Trinajstić information content (AvgIpc) is 2.41. The fraction of sp³-hybridized carbons (Fsp3) is 0.571. The molecule has 0 spiro atoms. The fourth-order valence-corrected chi connectivity index (χ4v) is 1.66. The lowest BCUT2D eigenvalue weighted by atomic mass is 10.1. The Morgan fingerprint density at radius 1 is 1.40 bits per heavy atom. The van der Waals surface area contributed by atoms with E-state index >= 15 is 0 Å². The molecule has 2 N–H and O–H groups in total. The van der Waals surface area contributed by atoms with Crippen LogP contribution < -0.4 is 5.32 Å². The van der Waals surface area contributed by atoms with Crippen LogP contribution in [0.3, 0.4) is 0 Å². The third-order valence-corrected chi connectivity index (χ3v) is 2.84. The summed E-state index contributed by atoms with van der Waals surface area (Å²) in [6, 6.07) is 4.53. The molecule has 0 atom stereocenters. The Hall–Kier alpha value is -1.66. The summed E-state index contributed by atoms with van der Waals surface area (Å²) < 4.78 is 5.44. The third kappa shape index (κ3) is 5.54. The van der Waals surface area contributed by atoms with Crippen molar-refractivity contribution in [2.75, 3.05) is 25.1 Å². The topological polar surface area (TPSA) is 84.6 Å². The largest absolute Gasteiger partial charge is 0.392 e. The zero-order valence-corrected chi connectivity index (χ0v) is 12.0. The van der Waals surface area contributed by atoms with Crippen molar-refractivity contribution < 1.29 is 14.8 Å². The number of rotatable bonds is 9. The number of nitrogens with one attached hydrogen (secondary N) is 1. The average molecular weight is 282 g/mol. The lowest BCUT2D eigenvalue weighted by Crippen LogP contribution is -2.12. The Bertz CT molecular complexity index is 435. The fourth-order valence-electron chi connectivity index (χ4n) is 1.66. The van der Waals surface area contributed by atoms with Gasteiger partial charge in [-0.15, -0.1) is 0 Å². The summed E-state index contributed by atoms with van der Waals surface area (Å²) >= 11 is 0. The highest BCUT2D eigenvalue weighted by atomic mass is 16.6. The molecule has 6 nitrogen and oxygen atoms in total. The molecule has 0 bridgehead atoms. The molecule has 0 aliphatic rings. The molecule has 0 aliphatic heterocycles. The molecule has 0 radical (unpaired) electrons. The van der Waals surface area contributed by atoms with Crippen molar-refractivity contribution in [2.24, 2.45) is 5.92 Å². The lowest BCUT2D eigenvalue weighted by molar-refractivity contribution is -0.384. The van der Waals surface area contributed by atoms with Crippen molar-refractivity contribution in [3.63, 3.8) is 0 Å². The first-order valence-electron chi connectivity index (χ1n) is 6.74. The van der Waals surface area contributed by atoms with Gasteiger partial charge in [-0.05, 0) is 30.0 Å². The molecule has 1 aromatic rings. The SMILES string of the molecule is CC(C)CCOCCNc1cc(CO)ccc1[N+](=O)[O-]. The van der Waals surface area contributed by atoms with Crippen LogP contribution in [-0.4, -0.2) is 29.8 Å². The summed E-state index contributed by atoms with van der Waals surface area (Å²) in [4.78, 5) is 10.5. The van der Waals surface area contributed by atoms with Gasteiger partial charge < -0.3 is 15.2 Å². The van der Waals surface area contributed by atoms with E-state index in [0.29, 0.717) is 36.9 Å². The molecule has 1 rings (SSSR count). The quantitative estimate of drug-likeness (QED) is 0.413. The maximum atomic E-state index is 10.9. The number of ether oxygens (including phenoxy) is 1. The number of anilines is 1. The van der Waals surface area contributed by atoms with Crippen molar-refractivity contribution in [3.8, 4) is 0 Å². The van der Waals surface area contributed by atoms with Gasteiger partial charge in [0, 0.05) is 19.2 Å². The maximum absolute atomic E-state index is 10.9. The van der Waals surface area contributed by atoms with Gasteiger partial charge in [0.15, 0.2) is 0 Å². The van der Waals surface area contributed by atoms with Gasteiger partial charge in [-0.25, -0.2) is 0 Å². The summed E-state index contributed by atoms with van der Waals surface area (Å²) in [7, 11) is 0. The first-order chi connectivity index (χ1) is 9.54. The van der Waals surface area contributed by atoms with E-state index in [1.54, 1.807) is 12.1 Å². The Morgan fingerprint density at radius 3 is 2.75 bits per heavy atom. The molecular formula is C14H22N2O4. The maximum Gasteiger partial charge on any atom is 0.292 e. The minimum atomic E-state index is -0.441. The zero-order valence-electron chi connectivity index (χ0n) is 12.0. The summed E-state index contributed by atoms with van der Waals surface area (Å²) in [6.45, 7) is 5.80. The molecule has 0 saturated carbocycles. The molecule has 1 aromatic carbocycles. The first-order valence-corrected chi connectivity index (χ1v) is 6.74. The number of hydrogen-bond donors (Lipinski definition) is 2. The van der Waals surface area contributed by atoms with E-state index in [0.717, 1.165) is 6.42 Å². The molecule has 0 fully saturated rings. The van der Waals surface area contributed by atoms with Crippen molar-refractivity contribution in [2.45, 2.75) is 26.9 Å². The Balaban J connectivity index is 2.47. The molecule has 0 unspecified atom stereocenters. The smallest absolute Gasteiger partial charge is 0.292 e. The van der Waals surface area contributed by atoms with E-state index in [2.05, 4.69) is 19.2 Å². The standard InChI is InChI=1S/C14H22N2O4/c1-11(2)5-7-20-8-6-15-13-9-12(10-17)3-4-14(13)16(18)19/h3-4,9,11,15,17H,5-8,10H2,1-2H3. The van der Waals surface area contributed by atoms with E-state index in [4.69, 9.17) is 9.84 Å². The normalized spacial score (nSPS) is 10.8. The molecule has 112 valence electrons. The van der Waals surface area contributed by atoms with Gasteiger partial charge in [0.2, 0.25) is 0 Å². The van der Waals surface area contributed by atoms with Crippen LogP contribution in [0.2, 0.25) is 0 Å². The number of nitro groups is 1. The molecule has 0 amide bonds. The molecule has 20 heavy (non-hydrogen) atoms. The number of nitrogens with zero attached hydrogens (tertiary/aromatic N) is 1. The van der Waals surface area contributed by atoms with Crippen LogP contribution in [0.25, 0.3) is 0 Å². The molecule has 0 heterocycles. The van der Waals surface area contributed by atoms with Gasteiger partial charge in [-0.2, -0.15) is 0 Å². The van der Waals surface area contributed by atoms with E-state index < -0.39 is 4.92 Å². The van der Waals surface area contributed by atoms with Crippen molar-refractivity contribution in [1.29, 1.82) is 0 Å². The van der Waals surface area contributed by atoms with Gasteiger partial charge in [0.25, 0.3) is 5.69 Å². The van der Waals surface area contributed by atoms with Gasteiger partial charge in [0.05, 0.1) is 18.1 Å². The Morgan fingerprint density at radius 2 is 2.15 bits per heavy atom. The number of nitro benzene ring substituents is 1. The number of aliphatic hydroxyl groups excluding tert-OH is 1. The van der Waals surface area contributed by atoms with Crippen LogP contribution in [0, 0.1) is 16.0 Å². The van der Waals surface area contributed by atoms with E-state index in [1.807, 2.05) is 0 Å². The molecule has 0 aromatic heterocycles. The van der Waals surface area contributed by atoms with Crippen LogP contribution in [-0.2, 0) is 11.3 Å². The Kier molecular flexibility index (Phi) is 6.97. The molecule has 0 saturated heterocycles. The van der Waals surface area contributed by atoms with Gasteiger partial charge in [0.1, 0.15) is 5.69 Å². The first kappa shape index (κ1) is 16.4. The minimum absolute atomic E-state index is 0.00406. The van der Waals surface area contributed by atoms with Gasteiger partial charge >= 0.3 is 0 Å². The second kappa shape index (κ2) is 8.50.